The van der Waals surface area contributed by atoms with E-state index < -0.39 is 0 Å². The van der Waals surface area contributed by atoms with E-state index in [1.54, 1.807) is 23.1 Å². The summed E-state index contributed by atoms with van der Waals surface area (Å²) in [7, 11) is 1.52. The van der Waals surface area contributed by atoms with Crippen molar-refractivity contribution in [1.29, 1.82) is 0 Å². The first-order chi connectivity index (χ1) is 12.0. The third kappa shape index (κ3) is 3.61. The van der Waals surface area contributed by atoms with Crippen molar-refractivity contribution in [3.05, 3.63) is 52.5 Å². The Morgan fingerprint density at radius 3 is 2.68 bits per heavy atom. The van der Waals surface area contributed by atoms with Gasteiger partial charge in [-0.15, -0.1) is 0 Å². The van der Waals surface area contributed by atoms with Gasteiger partial charge < -0.3 is 15.0 Å². The minimum atomic E-state index is -0.271. The molecule has 6 heteroatoms. The Balaban J connectivity index is 1.82. The molecule has 1 aliphatic rings. The maximum absolute atomic E-state index is 12.5. The second kappa shape index (κ2) is 7.15. The van der Waals surface area contributed by atoms with E-state index in [1.165, 1.54) is 7.11 Å². The Hall–Kier alpha value is -2.53. The molecule has 3 rings (SSSR count). The number of carbonyl (C=O) groups is 2. The molecular weight excluding hydrogens is 340 g/mol. The molecule has 0 aliphatic carbocycles. The van der Waals surface area contributed by atoms with Crippen LogP contribution in [0.1, 0.15) is 28.8 Å². The normalized spacial score (nSPS) is 13.9. The second-order valence-corrected chi connectivity index (χ2v) is 6.36. The molecule has 0 spiro atoms. The zero-order chi connectivity index (χ0) is 18.0. The third-order valence-corrected chi connectivity index (χ3v) is 4.54. The number of amides is 2. The first kappa shape index (κ1) is 17.3. The summed E-state index contributed by atoms with van der Waals surface area (Å²) >= 11 is 6.08. The molecule has 25 heavy (non-hydrogen) atoms. The number of nitrogens with one attached hydrogen (secondary N) is 1. The number of nitrogens with zero attached hydrogens (tertiary/aromatic N) is 1. The fourth-order valence-electron chi connectivity index (χ4n) is 2.89. The first-order valence-electron chi connectivity index (χ1n) is 8.05. The highest BCUT2D eigenvalue weighted by Crippen LogP contribution is 2.29. The van der Waals surface area contributed by atoms with Gasteiger partial charge >= 0.3 is 0 Å². The molecule has 2 aromatic carbocycles. The van der Waals surface area contributed by atoms with Crippen molar-refractivity contribution in [2.75, 3.05) is 23.9 Å². The maximum atomic E-state index is 12.5. The van der Waals surface area contributed by atoms with Crippen molar-refractivity contribution < 1.29 is 14.3 Å². The number of aryl methyl sites for hydroxylation is 1. The molecule has 0 saturated carbocycles. The summed E-state index contributed by atoms with van der Waals surface area (Å²) in [6.07, 6.45) is 1.43. The smallest absolute Gasteiger partial charge is 0.255 e. The average molecular weight is 359 g/mol. The van der Waals surface area contributed by atoms with Crippen LogP contribution in [0.5, 0.6) is 5.75 Å². The molecule has 1 aliphatic heterocycles. The fraction of sp³-hybridized carbons (Fsp3) is 0.263. The largest absolute Gasteiger partial charge is 0.495 e. The van der Waals surface area contributed by atoms with Crippen LogP contribution >= 0.6 is 11.6 Å². The predicted molar refractivity (Wildman–Crippen MR) is 98.7 cm³/mol. The van der Waals surface area contributed by atoms with E-state index in [0.717, 1.165) is 17.7 Å². The molecule has 0 radical (unpaired) electrons. The van der Waals surface area contributed by atoms with Gasteiger partial charge in [-0.25, -0.2) is 0 Å². The third-order valence-electron chi connectivity index (χ3n) is 4.25. The van der Waals surface area contributed by atoms with Crippen LogP contribution in [0, 0.1) is 6.92 Å². The van der Waals surface area contributed by atoms with Crippen molar-refractivity contribution in [3.63, 3.8) is 0 Å². The SMILES string of the molecule is COc1ccc(C(=O)Nc2ccc(C)c(N3CCCC3=O)c2)cc1Cl. The molecule has 2 amide bonds. The molecule has 1 fully saturated rings. The van der Waals surface area contributed by atoms with Gasteiger partial charge in [0.05, 0.1) is 12.1 Å². The zero-order valence-electron chi connectivity index (χ0n) is 14.1. The lowest BCUT2D eigenvalue weighted by Gasteiger charge is -2.19. The van der Waals surface area contributed by atoms with Crippen LogP contribution in [0.25, 0.3) is 0 Å². The molecule has 130 valence electrons. The molecule has 2 aromatic rings. The number of rotatable bonds is 4. The lowest BCUT2D eigenvalue weighted by molar-refractivity contribution is -0.117. The summed E-state index contributed by atoms with van der Waals surface area (Å²) in [5.41, 5.74) is 2.91. The Kier molecular flexibility index (Phi) is 4.95. The Morgan fingerprint density at radius 1 is 1.24 bits per heavy atom. The number of anilines is 2. The number of hydrogen-bond donors (Lipinski definition) is 1. The number of carbonyl (C=O) groups excluding carboxylic acids is 2. The minimum absolute atomic E-state index is 0.119. The molecule has 0 aromatic heterocycles. The van der Waals surface area contributed by atoms with E-state index in [4.69, 9.17) is 16.3 Å². The number of ether oxygens (including phenoxy) is 1. The highest BCUT2D eigenvalue weighted by atomic mass is 35.5. The monoisotopic (exact) mass is 358 g/mol. The van der Waals surface area contributed by atoms with Crippen molar-refractivity contribution in [2.45, 2.75) is 19.8 Å². The topological polar surface area (TPSA) is 58.6 Å². The van der Waals surface area contributed by atoms with Gasteiger partial charge in [0.1, 0.15) is 5.75 Å². The number of hydrogen-bond acceptors (Lipinski definition) is 3. The van der Waals surface area contributed by atoms with E-state index in [-0.39, 0.29) is 11.8 Å². The quantitative estimate of drug-likeness (QED) is 0.897. The van der Waals surface area contributed by atoms with Crippen molar-refractivity contribution in [2.24, 2.45) is 0 Å². The van der Waals surface area contributed by atoms with Crippen LogP contribution in [0.3, 0.4) is 0 Å². The van der Waals surface area contributed by atoms with E-state index in [1.807, 2.05) is 25.1 Å². The van der Waals surface area contributed by atoms with Gasteiger partial charge in [-0.3, -0.25) is 9.59 Å². The Labute approximate surface area is 151 Å². The standard InChI is InChI=1S/C19H19ClN2O3/c1-12-5-7-14(11-16(12)22-9-3-4-18(22)23)21-19(24)13-6-8-17(25-2)15(20)10-13/h5-8,10-11H,3-4,9H2,1-2H3,(H,21,24). The molecule has 0 bridgehead atoms. The molecule has 0 atom stereocenters. The maximum Gasteiger partial charge on any atom is 0.255 e. The van der Waals surface area contributed by atoms with Crippen LogP contribution in [-0.2, 0) is 4.79 Å². The van der Waals surface area contributed by atoms with Crippen LogP contribution in [-0.4, -0.2) is 25.5 Å². The predicted octanol–water partition coefficient (Wildman–Crippen LogP) is 4.04. The Bertz CT molecular complexity index is 835. The van der Waals surface area contributed by atoms with Crippen molar-refractivity contribution in [3.8, 4) is 5.75 Å². The Morgan fingerprint density at radius 2 is 2.04 bits per heavy atom. The highest BCUT2D eigenvalue weighted by molar-refractivity contribution is 6.32. The van der Waals surface area contributed by atoms with Gasteiger partial charge in [-0.05, 0) is 49.2 Å². The first-order valence-corrected chi connectivity index (χ1v) is 8.43. The number of halogens is 1. The van der Waals surface area contributed by atoms with Crippen LogP contribution < -0.4 is 15.0 Å². The molecular formula is C19H19ClN2O3. The summed E-state index contributed by atoms with van der Waals surface area (Å²) in [5.74, 6) is 0.365. The summed E-state index contributed by atoms with van der Waals surface area (Å²) in [4.78, 5) is 26.2. The lowest BCUT2D eigenvalue weighted by atomic mass is 10.1. The van der Waals surface area contributed by atoms with E-state index in [2.05, 4.69) is 5.32 Å². The minimum Gasteiger partial charge on any atom is -0.495 e. The van der Waals surface area contributed by atoms with Crippen molar-refractivity contribution in [1.82, 2.24) is 0 Å². The van der Waals surface area contributed by atoms with Gasteiger partial charge in [-0.1, -0.05) is 17.7 Å². The van der Waals surface area contributed by atoms with E-state index >= 15 is 0 Å². The van der Waals surface area contributed by atoms with Gasteiger partial charge in [0.2, 0.25) is 5.91 Å². The van der Waals surface area contributed by atoms with Gasteiger partial charge in [-0.2, -0.15) is 0 Å². The number of benzene rings is 2. The summed E-state index contributed by atoms with van der Waals surface area (Å²) in [6.45, 7) is 2.67. The average Bonchev–Trinajstić information content (AvgIpc) is 3.02. The highest BCUT2D eigenvalue weighted by Gasteiger charge is 2.23. The number of methoxy groups -OCH3 is 1. The van der Waals surface area contributed by atoms with Crippen LogP contribution in [0.2, 0.25) is 5.02 Å². The van der Waals surface area contributed by atoms with Gasteiger partial charge in [0.25, 0.3) is 5.91 Å². The molecule has 1 saturated heterocycles. The zero-order valence-corrected chi connectivity index (χ0v) is 14.9. The molecule has 0 unspecified atom stereocenters. The van der Waals surface area contributed by atoms with Crippen LogP contribution in [0.15, 0.2) is 36.4 Å². The van der Waals surface area contributed by atoms with Gasteiger partial charge in [0.15, 0.2) is 0 Å². The fourth-order valence-corrected chi connectivity index (χ4v) is 3.15. The second-order valence-electron chi connectivity index (χ2n) is 5.95. The molecule has 1 N–H and O–H groups in total. The summed E-state index contributed by atoms with van der Waals surface area (Å²) in [5, 5.41) is 3.23. The molecule has 5 nitrogen and oxygen atoms in total. The summed E-state index contributed by atoms with van der Waals surface area (Å²) < 4.78 is 5.09. The summed E-state index contributed by atoms with van der Waals surface area (Å²) in [6, 6.07) is 10.4. The van der Waals surface area contributed by atoms with E-state index in [0.29, 0.717) is 35.0 Å². The van der Waals surface area contributed by atoms with Crippen LogP contribution in [0.4, 0.5) is 11.4 Å². The van der Waals surface area contributed by atoms with E-state index in [9.17, 15) is 9.59 Å². The van der Waals surface area contributed by atoms with Gasteiger partial charge in [0, 0.05) is 29.9 Å². The molecule has 1 heterocycles. The lowest BCUT2D eigenvalue weighted by Crippen LogP contribution is -2.24. The van der Waals surface area contributed by atoms with Crippen molar-refractivity contribution >= 4 is 34.8 Å².